The molecular formula is C145H192N2. The third-order valence-electron chi connectivity index (χ3n) is 24.8. The zero-order chi connectivity index (χ0) is 110. The fraction of sp³-hybridized carbons (Fsp3) is 0.331. The van der Waals surface area contributed by atoms with Gasteiger partial charge in [-0.15, -0.1) is 0 Å². The number of hydrogen-bond acceptors (Lipinski definition) is 1. The van der Waals surface area contributed by atoms with Gasteiger partial charge in [-0.3, -0.25) is 4.98 Å². The summed E-state index contributed by atoms with van der Waals surface area (Å²) in [6.45, 7) is 75.1. The van der Waals surface area contributed by atoms with E-state index < -0.39 is 0 Å². The second kappa shape index (κ2) is 74.8. The SMILES string of the molecule is CC.CC.CC.CC.CC.CC.CC.CC.CC.CC.CC.CC.CC.CC.CC.Cc1ccc2c(c1)-c1c(ccc3ccccc13)C2.Cc1ccc2c(c1)Cc1ccccc1C2.Cc1ccc2c(c1)Cc1ccccc1C2.Cc1cccc2c1-c1c(ccc3ccccc13)C2.Cc1cccc2c1Cc1ccccc1C2.Cc1cccc2c1Cc1ccccc1C2.Cc1ccccn1.Cn1c2ccccc2c2ccccc21. The molecule has 0 bridgehead atoms. The van der Waals surface area contributed by atoms with E-state index in [4.69, 9.17) is 0 Å². The molecule has 0 aliphatic heterocycles. The molecule has 0 N–H and O–H groups in total. The van der Waals surface area contributed by atoms with Crippen molar-refractivity contribution in [2.45, 2.75) is 320 Å². The van der Waals surface area contributed by atoms with Crippen molar-refractivity contribution in [3.63, 3.8) is 0 Å². The van der Waals surface area contributed by atoms with Gasteiger partial charge in [0.25, 0.3) is 0 Å². The molecule has 2 heteroatoms. The van der Waals surface area contributed by atoms with Crippen LogP contribution >= 0.6 is 0 Å². The van der Waals surface area contributed by atoms with Gasteiger partial charge in [-0.1, -0.05) is 546 Å². The van der Waals surface area contributed by atoms with Gasteiger partial charge in [-0.2, -0.15) is 0 Å². The molecule has 0 amide bonds. The van der Waals surface area contributed by atoms with Crippen molar-refractivity contribution in [3.05, 3.63) is 502 Å². The molecule has 2 nitrogen and oxygen atoms in total. The third kappa shape index (κ3) is 36.5. The van der Waals surface area contributed by atoms with Crippen LogP contribution in [-0.2, 0) is 71.3 Å². The topological polar surface area (TPSA) is 17.8 Å². The molecule has 0 atom stereocenters. The molecule has 18 aromatic rings. The zero-order valence-electron chi connectivity index (χ0n) is 99.0. The molecule has 2 heterocycles. The van der Waals surface area contributed by atoms with Crippen molar-refractivity contribution >= 4 is 43.4 Å². The number of rotatable bonds is 0. The van der Waals surface area contributed by atoms with Crippen molar-refractivity contribution in [1.82, 2.24) is 9.55 Å². The molecular weight excluding hydrogens is 1770 g/mol. The quantitative estimate of drug-likeness (QED) is 0.148. The van der Waals surface area contributed by atoms with Gasteiger partial charge in [0.15, 0.2) is 0 Å². The minimum atomic E-state index is 1.07. The van der Waals surface area contributed by atoms with Crippen LogP contribution in [0, 0.1) is 48.5 Å². The van der Waals surface area contributed by atoms with Gasteiger partial charge in [0.2, 0.25) is 0 Å². The van der Waals surface area contributed by atoms with Gasteiger partial charge >= 0.3 is 0 Å². The van der Waals surface area contributed by atoms with Crippen LogP contribution in [0.2, 0.25) is 0 Å². The van der Waals surface area contributed by atoms with E-state index in [1.165, 1.54) is 210 Å². The molecule has 6 aliphatic carbocycles. The Morgan fingerprint density at radius 1 is 0.177 bits per heavy atom. The normalized spacial score (nSPS) is 10.5. The molecule has 782 valence electrons. The monoisotopic (exact) mass is 1960 g/mol. The van der Waals surface area contributed by atoms with Gasteiger partial charge in [-0.25, -0.2) is 0 Å². The lowest BCUT2D eigenvalue weighted by Gasteiger charge is -2.21. The van der Waals surface area contributed by atoms with Crippen LogP contribution in [-0.4, -0.2) is 9.55 Å². The second-order valence-corrected chi connectivity index (χ2v) is 32.8. The van der Waals surface area contributed by atoms with Crippen molar-refractivity contribution in [3.8, 4) is 22.3 Å². The fourth-order valence-electron chi connectivity index (χ4n) is 18.6. The minimum absolute atomic E-state index is 1.07. The standard InChI is InChI=1S/2C18H14.4C15H14.C13H11N.C6H7N.15C2H6/c1-12-5-4-7-14-11-15-10-9-13-6-2-3-8-16(13)18(15)17(12)14;1-12-6-7-14-11-15-9-8-13-4-2-3-5-16(13)18(15)17(14)10-12;2*1-11-5-4-8-14-9-12-6-2-3-7-13(12)10-15(11)14;2*1-11-6-7-14-9-12-4-2-3-5-13(12)10-15(14)8-11;1-14-12-8-4-2-6-10(12)11-7-3-5-9-13(11)14;1-6-4-2-3-5-7-6;15*1-2/h2*2-10H,11H2,1H3;4*2-8H,9-10H2,1H3;2-9H,1H3;2-5H,1H3;15*1-2H3. The minimum Gasteiger partial charge on any atom is -0.344 e. The predicted octanol–water partition coefficient (Wildman–Crippen LogP) is 43.5. The molecule has 0 fully saturated rings. The highest BCUT2D eigenvalue weighted by atomic mass is 14.9. The summed E-state index contributed by atoms with van der Waals surface area (Å²) in [7, 11) is 2.12. The molecule has 147 heavy (non-hydrogen) atoms. The molecule has 2 aromatic heterocycles. The maximum absolute atomic E-state index is 3.98. The number of nitrogens with zero attached hydrogens (tertiary/aromatic N) is 2. The van der Waals surface area contributed by atoms with Crippen LogP contribution < -0.4 is 0 Å². The Morgan fingerprint density at radius 3 is 0.789 bits per heavy atom. The predicted molar refractivity (Wildman–Crippen MR) is 666 cm³/mol. The Labute approximate surface area is 898 Å². The Morgan fingerprint density at radius 2 is 0.429 bits per heavy atom. The Kier molecular flexibility index (Phi) is 66.2. The summed E-state index contributed by atoms with van der Waals surface area (Å²) in [4.78, 5) is 3.98. The van der Waals surface area contributed by atoms with E-state index in [1.807, 2.05) is 233 Å². The van der Waals surface area contributed by atoms with E-state index >= 15 is 0 Å². The number of fused-ring (bicyclic) bond motifs is 21. The molecule has 0 radical (unpaired) electrons. The van der Waals surface area contributed by atoms with Crippen LogP contribution in [0.1, 0.15) is 358 Å². The first-order valence-corrected chi connectivity index (χ1v) is 56.9. The van der Waals surface area contributed by atoms with Crippen LogP contribution in [0.3, 0.4) is 0 Å². The van der Waals surface area contributed by atoms with Gasteiger partial charge in [0.05, 0.1) is 0 Å². The highest BCUT2D eigenvalue weighted by Crippen LogP contribution is 2.45. The first-order valence-electron chi connectivity index (χ1n) is 56.9. The van der Waals surface area contributed by atoms with Gasteiger partial charge in [0, 0.05) is 40.7 Å². The summed E-state index contributed by atoms with van der Waals surface area (Å²) in [5.41, 5.74) is 47.8. The second-order valence-electron chi connectivity index (χ2n) is 32.8. The smallest absolute Gasteiger partial charge is 0.0488 e. The maximum atomic E-state index is 3.98. The number of pyridine rings is 1. The van der Waals surface area contributed by atoms with Crippen molar-refractivity contribution in [2.75, 3.05) is 0 Å². The third-order valence-corrected chi connectivity index (χ3v) is 24.8. The summed E-state index contributed by atoms with van der Waals surface area (Å²) in [5.74, 6) is 0. The van der Waals surface area contributed by atoms with Gasteiger partial charge < -0.3 is 4.57 Å². The molecule has 24 rings (SSSR count). The van der Waals surface area contributed by atoms with E-state index in [0.717, 1.165) is 69.9 Å². The van der Waals surface area contributed by atoms with Crippen molar-refractivity contribution in [1.29, 1.82) is 0 Å². The van der Waals surface area contributed by atoms with Crippen LogP contribution in [0.25, 0.3) is 65.6 Å². The maximum Gasteiger partial charge on any atom is 0.0488 e. The summed E-state index contributed by atoms with van der Waals surface area (Å²) < 4.78 is 2.24. The first-order chi connectivity index (χ1) is 72.3. The zero-order valence-corrected chi connectivity index (χ0v) is 99.0. The molecule has 0 saturated carbocycles. The Hall–Kier alpha value is -13.0. The summed E-state index contributed by atoms with van der Waals surface area (Å²) in [6.07, 6.45) is 12.8. The van der Waals surface area contributed by atoms with Crippen LogP contribution in [0.4, 0.5) is 0 Å². The van der Waals surface area contributed by atoms with Crippen LogP contribution in [0.5, 0.6) is 0 Å². The molecule has 0 unspecified atom stereocenters. The van der Waals surface area contributed by atoms with Crippen LogP contribution in [0.15, 0.2) is 352 Å². The average molecular weight is 1960 g/mol. The van der Waals surface area contributed by atoms with E-state index in [-0.39, 0.29) is 0 Å². The molecule has 0 saturated heterocycles. The van der Waals surface area contributed by atoms with E-state index in [9.17, 15) is 0 Å². The van der Waals surface area contributed by atoms with Crippen molar-refractivity contribution in [2.24, 2.45) is 7.05 Å². The van der Waals surface area contributed by atoms with Crippen molar-refractivity contribution < 1.29 is 0 Å². The number of para-hydroxylation sites is 2. The van der Waals surface area contributed by atoms with E-state index in [1.54, 1.807) is 6.20 Å². The summed E-state index contributed by atoms with van der Waals surface area (Å²) >= 11 is 0. The van der Waals surface area contributed by atoms with Gasteiger partial charge in [0.1, 0.15) is 0 Å². The number of benzene rings is 16. The first kappa shape index (κ1) is 130. The number of aromatic nitrogens is 2. The fourth-order valence-corrected chi connectivity index (χ4v) is 18.6. The highest BCUT2D eigenvalue weighted by molar-refractivity contribution is 6.08. The number of hydrogen-bond donors (Lipinski definition) is 0. The molecule has 16 aromatic carbocycles. The summed E-state index contributed by atoms with van der Waals surface area (Å²) in [5, 5.41) is 8.14. The molecule has 0 spiro atoms. The van der Waals surface area contributed by atoms with Gasteiger partial charge in [-0.05, 0) is 309 Å². The Bertz CT molecular complexity index is 6410. The lowest BCUT2D eigenvalue weighted by atomic mass is 9.84. The largest absolute Gasteiger partial charge is 0.344 e. The Balaban J connectivity index is 0.000000550. The number of aryl methyl sites for hydroxylation is 8. The van der Waals surface area contributed by atoms with E-state index in [0.29, 0.717) is 0 Å². The molecule has 6 aliphatic rings. The lowest BCUT2D eigenvalue weighted by molar-refractivity contribution is 0.986. The average Bonchev–Trinajstić information content (AvgIpc) is 1.60. The summed E-state index contributed by atoms with van der Waals surface area (Å²) in [6, 6.07) is 125. The highest BCUT2D eigenvalue weighted by Gasteiger charge is 2.25. The lowest BCUT2D eigenvalue weighted by Crippen LogP contribution is -2.08. The van der Waals surface area contributed by atoms with E-state index in [2.05, 4.69) is 386 Å².